The summed E-state index contributed by atoms with van der Waals surface area (Å²) in [5.41, 5.74) is 1.86. The van der Waals surface area contributed by atoms with Crippen LogP contribution < -0.4 is 19.1 Å². The Morgan fingerprint density at radius 2 is 1.80 bits per heavy atom. The molecule has 35 heavy (non-hydrogen) atoms. The van der Waals surface area contributed by atoms with E-state index in [0.29, 0.717) is 17.9 Å². The molecule has 1 amide bonds. The van der Waals surface area contributed by atoms with Crippen LogP contribution in [-0.4, -0.2) is 38.8 Å². The lowest BCUT2D eigenvalue weighted by Crippen LogP contribution is -2.52. The summed E-state index contributed by atoms with van der Waals surface area (Å²) in [6.45, 7) is 10.3. The van der Waals surface area contributed by atoms with Crippen molar-refractivity contribution < 1.29 is 22.7 Å². The molecule has 0 unspecified atom stereocenters. The Balaban J connectivity index is 1.63. The number of ether oxygens (including phenoxy) is 2. The third-order valence-corrected chi connectivity index (χ3v) is 8.34. The minimum atomic E-state index is -3.62. The first-order chi connectivity index (χ1) is 16.4. The standard InChI is InChI=1S/C27H36N2O5S/c1-7-27(8-2)16-20(19-11-9-10-12-22(19)34-27)28-25(30)24-17-29(35(6,31)32)21-15-18(26(3,4)5)13-14-23(21)33-24/h9-15,20,24H,7-8,16-17H2,1-6H3,(H,28,30)/t20-,24+/m0/s1. The molecule has 2 aromatic carbocycles. The summed E-state index contributed by atoms with van der Waals surface area (Å²) in [6, 6.07) is 13.0. The van der Waals surface area contributed by atoms with Crippen molar-refractivity contribution in [3.05, 3.63) is 53.6 Å². The highest BCUT2D eigenvalue weighted by atomic mass is 32.2. The quantitative estimate of drug-likeness (QED) is 0.643. The maximum absolute atomic E-state index is 13.5. The van der Waals surface area contributed by atoms with Gasteiger partial charge >= 0.3 is 0 Å². The van der Waals surface area contributed by atoms with Crippen LogP contribution in [0.3, 0.4) is 0 Å². The maximum Gasteiger partial charge on any atom is 0.263 e. The summed E-state index contributed by atoms with van der Waals surface area (Å²) in [5.74, 6) is 0.820. The summed E-state index contributed by atoms with van der Waals surface area (Å²) < 4.78 is 39.1. The largest absolute Gasteiger partial charge is 0.487 e. The van der Waals surface area contributed by atoms with Gasteiger partial charge in [0.1, 0.15) is 17.1 Å². The van der Waals surface area contributed by atoms with Crippen LogP contribution >= 0.6 is 0 Å². The number of benzene rings is 2. The van der Waals surface area contributed by atoms with Crippen LogP contribution in [0.5, 0.6) is 11.5 Å². The molecule has 0 fully saturated rings. The minimum Gasteiger partial charge on any atom is -0.487 e. The highest BCUT2D eigenvalue weighted by Gasteiger charge is 2.41. The number of nitrogens with zero attached hydrogens (tertiary/aromatic N) is 1. The molecule has 2 aliphatic rings. The fourth-order valence-corrected chi connectivity index (χ4v) is 5.77. The number of nitrogens with one attached hydrogen (secondary N) is 1. The van der Waals surface area contributed by atoms with E-state index in [4.69, 9.17) is 9.47 Å². The molecule has 0 spiro atoms. The Kier molecular flexibility index (Phi) is 6.55. The molecule has 1 N–H and O–H groups in total. The van der Waals surface area contributed by atoms with Crippen LogP contribution in [0.4, 0.5) is 5.69 Å². The lowest BCUT2D eigenvalue weighted by molar-refractivity contribution is -0.129. The van der Waals surface area contributed by atoms with E-state index < -0.39 is 16.1 Å². The number of carbonyl (C=O) groups excluding carboxylic acids is 1. The van der Waals surface area contributed by atoms with Crippen LogP contribution in [0, 0.1) is 0 Å². The summed E-state index contributed by atoms with van der Waals surface area (Å²) >= 11 is 0. The van der Waals surface area contributed by atoms with Gasteiger partial charge in [0.25, 0.3) is 5.91 Å². The molecule has 2 aliphatic heterocycles. The number of carbonyl (C=O) groups is 1. The zero-order valence-corrected chi connectivity index (χ0v) is 22.2. The van der Waals surface area contributed by atoms with E-state index in [9.17, 15) is 13.2 Å². The Labute approximate surface area is 208 Å². The Morgan fingerprint density at radius 1 is 1.11 bits per heavy atom. The fourth-order valence-electron chi connectivity index (χ4n) is 4.86. The van der Waals surface area contributed by atoms with E-state index in [0.717, 1.165) is 36.0 Å². The predicted molar refractivity (Wildman–Crippen MR) is 138 cm³/mol. The van der Waals surface area contributed by atoms with Crippen molar-refractivity contribution in [2.45, 2.75) is 77.0 Å². The number of rotatable bonds is 5. The van der Waals surface area contributed by atoms with Gasteiger partial charge in [-0.25, -0.2) is 8.42 Å². The predicted octanol–water partition coefficient (Wildman–Crippen LogP) is 4.71. The lowest BCUT2D eigenvalue weighted by atomic mass is 9.83. The van der Waals surface area contributed by atoms with E-state index in [-0.39, 0.29) is 29.5 Å². The monoisotopic (exact) mass is 500 g/mol. The molecule has 7 nitrogen and oxygen atoms in total. The molecule has 190 valence electrons. The van der Waals surface area contributed by atoms with Crippen LogP contribution in [0.25, 0.3) is 0 Å². The normalized spacial score (nSPS) is 21.3. The number of hydrogen-bond acceptors (Lipinski definition) is 5. The number of sulfonamides is 1. The molecule has 0 aromatic heterocycles. The molecule has 0 aliphatic carbocycles. The van der Waals surface area contributed by atoms with Gasteiger partial charge in [-0.05, 0) is 42.0 Å². The van der Waals surface area contributed by atoms with Gasteiger partial charge in [-0.2, -0.15) is 0 Å². The second-order valence-corrected chi connectivity index (χ2v) is 12.5. The number of fused-ring (bicyclic) bond motifs is 2. The van der Waals surface area contributed by atoms with Crippen LogP contribution in [0.15, 0.2) is 42.5 Å². The van der Waals surface area contributed by atoms with Crippen molar-refractivity contribution in [3.8, 4) is 11.5 Å². The topological polar surface area (TPSA) is 84.9 Å². The van der Waals surface area contributed by atoms with Gasteiger partial charge in [0, 0.05) is 12.0 Å². The van der Waals surface area contributed by atoms with Gasteiger partial charge in [-0.15, -0.1) is 0 Å². The van der Waals surface area contributed by atoms with Gasteiger partial charge in [0.05, 0.1) is 24.5 Å². The summed E-state index contributed by atoms with van der Waals surface area (Å²) in [6.07, 6.45) is 2.46. The van der Waals surface area contributed by atoms with Crippen molar-refractivity contribution in [3.63, 3.8) is 0 Å². The Hall–Kier alpha value is -2.74. The van der Waals surface area contributed by atoms with E-state index in [1.807, 2.05) is 36.4 Å². The number of anilines is 1. The van der Waals surface area contributed by atoms with Crippen LogP contribution in [0.1, 0.15) is 71.0 Å². The van der Waals surface area contributed by atoms with Crippen LogP contribution in [0.2, 0.25) is 0 Å². The first-order valence-electron chi connectivity index (χ1n) is 12.2. The van der Waals surface area contributed by atoms with Crippen molar-refractivity contribution in [2.75, 3.05) is 17.1 Å². The van der Waals surface area contributed by atoms with Crippen molar-refractivity contribution in [1.29, 1.82) is 0 Å². The maximum atomic E-state index is 13.5. The molecule has 8 heteroatoms. The zero-order chi connectivity index (χ0) is 25.6. The van der Waals surface area contributed by atoms with Crippen molar-refractivity contribution in [1.82, 2.24) is 5.32 Å². The first kappa shape index (κ1) is 25.4. The van der Waals surface area contributed by atoms with E-state index in [1.54, 1.807) is 6.07 Å². The van der Waals surface area contributed by atoms with Gasteiger partial charge in [0.15, 0.2) is 6.10 Å². The molecule has 2 aromatic rings. The second-order valence-electron chi connectivity index (χ2n) is 10.6. The summed E-state index contributed by atoms with van der Waals surface area (Å²) in [5, 5.41) is 3.14. The number of amides is 1. The summed E-state index contributed by atoms with van der Waals surface area (Å²) in [7, 11) is -3.62. The molecule has 2 heterocycles. The van der Waals surface area contributed by atoms with E-state index >= 15 is 0 Å². The molecule has 0 bridgehead atoms. The fraction of sp³-hybridized carbons (Fsp3) is 0.519. The highest BCUT2D eigenvalue weighted by Crippen LogP contribution is 2.43. The minimum absolute atomic E-state index is 0.0805. The van der Waals surface area contributed by atoms with Crippen molar-refractivity contribution in [2.24, 2.45) is 0 Å². The van der Waals surface area contributed by atoms with Gasteiger partial charge in [-0.3, -0.25) is 9.10 Å². The third-order valence-electron chi connectivity index (χ3n) is 7.19. The molecular formula is C27H36N2O5S. The zero-order valence-electron chi connectivity index (χ0n) is 21.4. The Morgan fingerprint density at radius 3 is 2.43 bits per heavy atom. The molecule has 0 saturated heterocycles. The lowest BCUT2D eigenvalue weighted by Gasteiger charge is -2.42. The first-order valence-corrected chi connectivity index (χ1v) is 14.1. The van der Waals surface area contributed by atoms with E-state index in [1.165, 1.54) is 4.31 Å². The average Bonchev–Trinajstić information content (AvgIpc) is 2.81. The van der Waals surface area contributed by atoms with Gasteiger partial charge in [0.2, 0.25) is 10.0 Å². The molecule has 0 radical (unpaired) electrons. The molecule has 2 atom stereocenters. The third kappa shape index (κ3) is 4.99. The second kappa shape index (κ2) is 9.04. The Bertz CT molecular complexity index is 1210. The van der Waals surface area contributed by atoms with E-state index in [2.05, 4.69) is 39.9 Å². The summed E-state index contributed by atoms with van der Waals surface area (Å²) in [4.78, 5) is 13.5. The molecule has 4 rings (SSSR count). The number of para-hydroxylation sites is 1. The molecular weight excluding hydrogens is 464 g/mol. The van der Waals surface area contributed by atoms with Crippen LogP contribution in [-0.2, 0) is 20.2 Å². The highest BCUT2D eigenvalue weighted by molar-refractivity contribution is 7.92. The molecule has 0 saturated carbocycles. The van der Waals surface area contributed by atoms with Crippen molar-refractivity contribution >= 4 is 21.6 Å². The average molecular weight is 501 g/mol. The smallest absolute Gasteiger partial charge is 0.263 e. The van der Waals surface area contributed by atoms with Gasteiger partial charge in [-0.1, -0.05) is 58.9 Å². The SMILES string of the molecule is CCC1(CC)C[C@H](NC(=O)[C@H]2CN(S(C)(=O)=O)c3cc(C(C)(C)C)ccc3O2)c2ccccc2O1. The number of hydrogen-bond donors (Lipinski definition) is 1. The van der Waals surface area contributed by atoms with Gasteiger partial charge < -0.3 is 14.8 Å².